The highest BCUT2D eigenvalue weighted by molar-refractivity contribution is 7.89. The van der Waals surface area contributed by atoms with Crippen molar-refractivity contribution in [1.82, 2.24) is 14.3 Å². The maximum Gasteiger partial charge on any atom is 0.305 e. The minimum Gasteiger partial charge on any atom is -0.481 e. The summed E-state index contributed by atoms with van der Waals surface area (Å²) in [5.41, 5.74) is 3.78. The van der Waals surface area contributed by atoms with Gasteiger partial charge in [-0.2, -0.15) is 0 Å². The van der Waals surface area contributed by atoms with Gasteiger partial charge in [-0.25, -0.2) is 17.5 Å². The number of fused-ring (bicyclic) bond motifs is 1. The molecule has 0 spiro atoms. The SMILES string of the molecule is O=C(O)CCn1c(CCNS(=O)(=O)c2ccc(F)cc2)c(Cc2cccnc2)c2ccccc21. The zero-order chi connectivity index (χ0) is 24.1. The Morgan fingerprint density at radius 3 is 2.53 bits per heavy atom. The highest BCUT2D eigenvalue weighted by Crippen LogP contribution is 2.29. The highest BCUT2D eigenvalue weighted by Gasteiger charge is 2.19. The molecule has 2 aromatic heterocycles. The number of pyridine rings is 1. The van der Waals surface area contributed by atoms with E-state index in [0.29, 0.717) is 12.8 Å². The van der Waals surface area contributed by atoms with Gasteiger partial charge in [0, 0.05) is 54.9 Å². The van der Waals surface area contributed by atoms with Crippen LogP contribution >= 0.6 is 0 Å². The minimum absolute atomic E-state index is 0.0177. The molecule has 2 heterocycles. The first-order valence-corrected chi connectivity index (χ1v) is 12.3. The number of benzene rings is 2. The van der Waals surface area contributed by atoms with Crippen LogP contribution in [-0.4, -0.2) is 35.6 Å². The fraction of sp³-hybridized carbons (Fsp3) is 0.200. The number of aliphatic carboxylic acids is 1. The second-order valence-electron chi connectivity index (χ2n) is 7.88. The van der Waals surface area contributed by atoms with Gasteiger partial charge in [0.1, 0.15) is 5.82 Å². The fourth-order valence-electron chi connectivity index (χ4n) is 4.08. The number of para-hydroxylation sites is 1. The van der Waals surface area contributed by atoms with E-state index >= 15 is 0 Å². The molecule has 0 fully saturated rings. The van der Waals surface area contributed by atoms with Crippen molar-refractivity contribution in [2.75, 3.05) is 6.54 Å². The molecule has 0 radical (unpaired) electrons. The van der Waals surface area contributed by atoms with Gasteiger partial charge in [0.05, 0.1) is 11.3 Å². The van der Waals surface area contributed by atoms with Crippen LogP contribution in [0.4, 0.5) is 4.39 Å². The molecule has 176 valence electrons. The predicted molar refractivity (Wildman–Crippen MR) is 127 cm³/mol. The first-order chi connectivity index (χ1) is 16.3. The van der Waals surface area contributed by atoms with Crippen molar-refractivity contribution in [3.05, 3.63) is 95.7 Å². The highest BCUT2D eigenvalue weighted by atomic mass is 32.2. The number of aryl methyl sites for hydroxylation is 1. The summed E-state index contributed by atoms with van der Waals surface area (Å²) in [5.74, 6) is -1.42. The van der Waals surface area contributed by atoms with Gasteiger partial charge in [0.25, 0.3) is 0 Å². The summed E-state index contributed by atoms with van der Waals surface area (Å²) < 4.78 is 43.0. The zero-order valence-corrected chi connectivity index (χ0v) is 19.1. The second-order valence-corrected chi connectivity index (χ2v) is 9.64. The Kier molecular flexibility index (Phi) is 7.04. The number of aromatic nitrogens is 2. The largest absolute Gasteiger partial charge is 0.481 e. The molecule has 2 aromatic carbocycles. The lowest BCUT2D eigenvalue weighted by molar-refractivity contribution is -0.137. The third-order valence-electron chi connectivity index (χ3n) is 5.62. The normalized spacial score (nSPS) is 11.7. The third kappa shape index (κ3) is 5.32. The van der Waals surface area contributed by atoms with Crippen molar-refractivity contribution in [2.45, 2.75) is 30.7 Å². The van der Waals surface area contributed by atoms with Crippen LogP contribution in [0.25, 0.3) is 10.9 Å². The van der Waals surface area contributed by atoms with Gasteiger partial charge >= 0.3 is 5.97 Å². The van der Waals surface area contributed by atoms with Crippen LogP contribution in [0.15, 0.2) is 78.0 Å². The van der Waals surface area contributed by atoms with Crippen molar-refractivity contribution in [1.29, 1.82) is 0 Å². The standard InChI is InChI=1S/C25H24FN3O4S/c26-19-7-9-20(10-8-19)34(32,33)28-14-11-24-22(16-18-4-3-13-27-17-18)21-5-1-2-6-23(21)29(24)15-12-25(30)31/h1-10,13,17,28H,11-12,14-16H2,(H,30,31). The van der Waals surface area contributed by atoms with Crippen LogP contribution in [0.3, 0.4) is 0 Å². The first-order valence-electron chi connectivity index (χ1n) is 10.8. The van der Waals surface area contributed by atoms with E-state index in [0.717, 1.165) is 39.9 Å². The van der Waals surface area contributed by atoms with Gasteiger partial charge in [0.2, 0.25) is 10.0 Å². The van der Waals surface area contributed by atoms with Crippen molar-refractivity contribution in [3.63, 3.8) is 0 Å². The van der Waals surface area contributed by atoms with Gasteiger partial charge in [-0.15, -0.1) is 0 Å². The summed E-state index contributed by atoms with van der Waals surface area (Å²) >= 11 is 0. The number of sulfonamides is 1. The maximum absolute atomic E-state index is 13.2. The number of carboxylic acids is 1. The van der Waals surface area contributed by atoms with Crippen LogP contribution in [-0.2, 0) is 34.2 Å². The molecule has 0 unspecified atom stereocenters. The molecule has 9 heteroatoms. The predicted octanol–water partition coefficient (Wildman–Crippen LogP) is 3.76. The number of hydrogen-bond donors (Lipinski definition) is 2. The maximum atomic E-state index is 13.2. The first kappa shape index (κ1) is 23.6. The number of nitrogens with zero attached hydrogens (tertiary/aromatic N) is 2. The summed E-state index contributed by atoms with van der Waals surface area (Å²) in [6.07, 6.45) is 4.35. The smallest absolute Gasteiger partial charge is 0.305 e. The molecule has 0 saturated heterocycles. The Morgan fingerprint density at radius 2 is 1.82 bits per heavy atom. The Hall–Kier alpha value is -3.56. The molecule has 2 N–H and O–H groups in total. The molecule has 0 bridgehead atoms. The molecular formula is C25H24FN3O4S. The van der Waals surface area contributed by atoms with Gasteiger partial charge < -0.3 is 9.67 Å². The van der Waals surface area contributed by atoms with E-state index in [-0.39, 0.29) is 24.4 Å². The lowest BCUT2D eigenvalue weighted by atomic mass is 10.0. The average Bonchev–Trinajstić information content (AvgIpc) is 3.11. The van der Waals surface area contributed by atoms with Crippen LogP contribution in [0.5, 0.6) is 0 Å². The van der Waals surface area contributed by atoms with Crippen LogP contribution in [0, 0.1) is 5.82 Å². The van der Waals surface area contributed by atoms with Gasteiger partial charge in [-0.05, 0) is 47.5 Å². The molecule has 7 nitrogen and oxygen atoms in total. The summed E-state index contributed by atoms with van der Waals surface area (Å²) in [6.45, 7) is 0.367. The molecule has 0 atom stereocenters. The molecule has 0 aliphatic rings. The second kappa shape index (κ2) is 10.1. The summed E-state index contributed by atoms with van der Waals surface area (Å²) in [4.78, 5) is 15.5. The van der Waals surface area contributed by atoms with E-state index in [1.54, 1.807) is 12.4 Å². The van der Waals surface area contributed by atoms with Gasteiger partial charge in [-0.1, -0.05) is 24.3 Å². The van der Waals surface area contributed by atoms with E-state index in [9.17, 15) is 22.7 Å². The van der Waals surface area contributed by atoms with Crippen molar-refractivity contribution in [3.8, 4) is 0 Å². The Bertz CT molecular complexity index is 1400. The van der Waals surface area contributed by atoms with Crippen LogP contribution in [0.1, 0.15) is 23.2 Å². The number of nitrogens with one attached hydrogen (secondary N) is 1. The minimum atomic E-state index is -3.82. The van der Waals surface area contributed by atoms with E-state index in [1.807, 2.05) is 41.0 Å². The molecule has 4 aromatic rings. The number of hydrogen-bond acceptors (Lipinski definition) is 4. The lowest BCUT2D eigenvalue weighted by Crippen LogP contribution is -2.27. The summed E-state index contributed by atoms with van der Waals surface area (Å²) in [5, 5.41) is 10.3. The lowest BCUT2D eigenvalue weighted by Gasteiger charge is -2.13. The van der Waals surface area contributed by atoms with Crippen molar-refractivity contribution in [2.24, 2.45) is 0 Å². The van der Waals surface area contributed by atoms with Crippen LogP contribution in [0.2, 0.25) is 0 Å². The summed E-state index contributed by atoms with van der Waals surface area (Å²) in [7, 11) is -3.82. The van der Waals surface area contributed by atoms with E-state index in [1.165, 1.54) is 12.1 Å². The molecule has 0 aliphatic heterocycles. The molecule has 4 rings (SSSR count). The Morgan fingerprint density at radius 1 is 1.06 bits per heavy atom. The quantitative estimate of drug-likeness (QED) is 0.359. The number of carboxylic acid groups (broad SMARTS) is 1. The number of rotatable bonds is 10. The number of carbonyl (C=O) groups is 1. The third-order valence-corrected chi connectivity index (χ3v) is 7.10. The van der Waals surface area contributed by atoms with Crippen molar-refractivity contribution < 1.29 is 22.7 Å². The fourth-order valence-corrected chi connectivity index (χ4v) is 5.11. The topological polar surface area (TPSA) is 101 Å². The van der Waals surface area contributed by atoms with E-state index in [2.05, 4.69) is 9.71 Å². The van der Waals surface area contributed by atoms with Crippen LogP contribution < -0.4 is 4.72 Å². The van der Waals surface area contributed by atoms with Gasteiger partial charge in [0.15, 0.2) is 0 Å². The van der Waals surface area contributed by atoms with E-state index < -0.39 is 21.8 Å². The molecular weight excluding hydrogens is 457 g/mol. The van der Waals surface area contributed by atoms with Crippen molar-refractivity contribution >= 4 is 26.9 Å². The molecule has 0 amide bonds. The van der Waals surface area contributed by atoms with Gasteiger partial charge in [-0.3, -0.25) is 9.78 Å². The zero-order valence-electron chi connectivity index (χ0n) is 18.3. The van der Waals surface area contributed by atoms with E-state index in [4.69, 9.17) is 0 Å². The average molecular weight is 482 g/mol. The monoisotopic (exact) mass is 481 g/mol. The molecule has 0 aliphatic carbocycles. The molecule has 34 heavy (non-hydrogen) atoms. The Balaban J connectivity index is 1.67. The summed E-state index contributed by atoms with van der Waals surface area (Å²) in [6, 6.07) is 16.2. The molecule has 0 saturated carbocycles. The number of halogens is 1. The Labute approximate surface area is 196 Å².